The monoisotopic (exact) mass is 618 g/mol. The Hall–Kier alpha value is -3.74. The number of rotatable bonds is 5. The molecule has 2 atom stereocenters. The molecule has 248 valence electrons. The highest BCUT2D eigenvalue weighted by molar-refractivity contribution is 5.72. The van der Waals surface area contributed by atoms with Gasteiger partial charge in [-0.25, -0.2) is 0 Å². The molecule has 0 aromatic heterocycles. The van der Waals surface area contributed by atoms with Crippen molar-refractivity contribution in [3.63, 3.8) is 0 Å². The van der Waals surface area contributed by atoms with Gasteiger partial charge in [0, 0.05) is 31.2 Å². The summed E-state index contributed by atoms with van der Waals surface area (Å²) in [5.41, 5.74) is 16.9. The first kappa shape index (κ1) is 38.4. The van der Waals surface area contributed by atoms with E-state index in [2.05, 4.69) is 146 Å². The highest BCUT2D eigenvalue weighted by Gasteiger charge is 2.57. The molecule has 1 aromatic rings. The van der Waals surface area contributed by atoms with Gasteiger partial charge < -0.3 is 9.80 Å². The van der Waals surface area contributed by atoms with Crippen molar-refractivity contribution in [1.82, 2.24) is 9.80 Å². The highest BCUT2D eigenvalue weighted by Crippen LogP contribution is 2.57. The minimum absolute atomic E-state index is 0.0601. The summed E-state index contributed by atoms with van der Waals surface area (Å²) in [6, 6.07) is 6.78. The van der Waals surface area contributed by atoms with Gasteiger partial charge in [-0.1, -0.05) is 109 Å². The molecule has 0 amide bonds. The molecular formula is C44H62N2. The second kappa shape index (κ2) is 16.2. The molecule has 0 radical (unpaired) electrons. The predicted octanol–water partition coefficient (Wildman–Crippen LogP) is 11.9. The van der Waals surface area contributed by atoms with E-state index in [-0.39, 0.29) is 16.9 Å². The molecule has 2 fully saturated rings. The van der Waals surface area contributed by atoms with E-state index in [1.54, 1.807) is 0 Å². The fourth-order valence-corrected chi connectivity index (χ4v) is 6.55. The summed E-state index contributed by atoms with van der Waals surface area (Å²) in [6.45, 7) is 44.1. The SMILES string of the molecule is C=C=C1C2=CC(=C)/C(=C(\C=C(/C)c3ccc(C)c(C)c3)C(C)(C)C)C2C2(C)CN(C(=C)/C=C\C=C(C)C)CCN12.CC.CC=CC. The van der Waals surface area contributed by atoms with Crippen LogP contribution in [0.4, 0.5) is 0 Å². The maximum absolute atomic E-state index is 4.61. The summed E-state index contributed by atoms with van der Waals surface area (Å²) in [6.07, 6.45) is 15.1. The van der Waals surface area contributed by atoms with E-state index in [1.807, 2.05) is 39.8 Å². The lowest BCUT2D eigenvalue weighted by atomic mass is 9.72. The molecule has 0 bridgehead atoms. The van der Waals surface area contributed by atoms with Crippen LogP contribution in [0, 0.1) is 25.2 Å². The van der Waals surface area contributed by atoms with Crippen LogP contribution in [0.1, 0.15) is 92.9 Å². The summed E-state index contributed by atoms with van der Waals surface area (Å²) in [5, 5.41) is 0. The number of hydrogen-bond donors (Lipinski definition) is 0. The van der Waals surface area contributed by atoms with Crippen molar-refractivity contribution in [2.24, 2.45) is 11.3 Å². The Labute approximate surface area is 283 Å². The van der Waals surface area contributed by atoms with Gasteiger partial charge in [-0.15, -0.1) is 5.73 Å². The molecule has 1 aliphatic carbocycles. The smallest absolute Gasteiger partial charge is 0.0839 e. The zero-order valence-corrected chi connectivity index (χ0v) is 31.5. The lowest BCUT2D eigenvalue weighted by Gasteiger charge is -2.49. The van der Waals surface area contributed by atoms with Crippen molar-refractivity contribution in [2.45, 2.75) is 95.5 Å². The third-order valence-corrected chi connectivity index (χ3v) is 9.21. The molecule has 2 nitrogen and oxygen atoms in total. The minimum atomic E-state index is -0.162. The lowest BCUT2D eigenvalue weighted by molar-refractivity contribution is 0.0587. The zero-order valence-electron chi connectivity index (χ0n) is 31.5. The van der Waals surface area contributed by atoms with Crippen molar-refractivity contribution in [3.8, 4) is 0 Å². The average molecular weight is 619 g/mol. The second-order valence-electron chi connectivity index (χ2n) is 14.0. The normalized spacial score (nSPS) is 22.0. The Morgan fingerprint density at radius 1 is 1.02 bits per heavy atom. The van der Waals surface area contributed by atoms with Crippen LogP contribution in [-0.2, 0) is 0 Å². The Kier molecular flexibility index (Phi) is 13.5. The topological polar surface area (TPSA) is 6.48 Å². The van der Waals surface area contributed by atoms with Crippen molar-refractivity contribution < 1.29 is 0 Å². The fraction of sp³-hybridized carbons (Fsp3) is 0.432. The summed E-state index contributed by atoms with van der Waals surface area (Å²) >= 11 is 0. The average Bonchev–Trinajstić information content (AvgIpc) is 3.46. The number of benzene rings is 1. The number of allylic oxidation sites excluding steroid dienone is 12. The summed E-state index contributed by atoms with van der Waals surface area (Å²) in [4.78, 5) is 4.99. The molecular weight excluding hydrogens is 556 g/mol. The van der Waals surface area contributed by atoms with Crippen LogP contribution in [0.5, 0.6) is 0 Å². The van der Waals surface area contributed by atoms with E-state index < -0.39 is 0 Å². The number of fused-ring (bicyclic) bond motifs is 3. The van der Waals surface area contributed by atoms with Crippen LogP contribution in [0.3, 0.4) is 0 Å². The van der Waals surface area contributed by atoms with Crippen molar-refractivity contribution in [2.75, 3.05) is 19.6 Å². The van der Waals surface area contributed by atoms with Gasteiger partial charge in [0.15, 0.2) is 0 Å². The van der Waals surface area contributed by atoms with Gasteiger partial charge in [-0.05, 0) is 118 Å². The van der Waals surface area contributed by atoms with E-state index in [1.165, 1.54) is 44.6 Å². The van der Waals surface area contributed by atoms with Gasteiger partial charge in [0.25, 0.3) is 0 Å². The quantitative estimate of drug-likeness (QED) is 0.184. The highest BCUT2D eigenvalue weighted by atomic mass is 15.3. The largest absolute Gasteiger partial charge is 0.368 e. The number of nitrogens with zero attached hydrogens (tertiary/aromatic N) is 2. The summed E-state index contributed by atoms with van der Waals surface area (Å²) in [5.74, 6) is 0.194. The second-order valence-corrected chi connectivity index (χ2v) is 14.0. The maximum Gasteiger partial charge on any atom is 0.0839 e. The molecule has 1 aromatic carbocycles. The fourth-order valence-electron chi connectivity index (χ4n) is 6.55. The van der Waals surface area contributed by atoms with Crippen LogP contribution in [0.2, 0.25) is 0 Å². The molecule has 2 unspecified atom stereocenters. The minimum Gasteiger partial charge on any atom is -0.368 e. The molecule has 46 heavy (non-hydrogen) atoms. The van der Waals surface area contributed by atoms with Crippen LogP contribution in [-0.4, -0.2) is 35.0 Å². The molecule has 2 heteroatoms. The Bertz CT molecular complexity index is 1530. The molecule has 2 heterocycles. The predicted molar refractivity (Wildman–Crippen MR) is 206 cm³/mol. The Morgan fingerprint density at radius 2 is 1.65 bits per heavy atom. The van der Waals surface area contributed by atoms with E-state index in [0.29, 0.717) is 0 Å². The van der Waals surface area contributed by atoms with E-state index in [9.17, 15) is 0 Å². The Balaban J connectivity index is 0.00000114. The van der Waals surface area contributed by atoms with Crippen LogP contribution >= 0.6 is 0 Å². The van der Waals surface area contributed by atoms with E-state index >= 15 is 0 Å². The third kappa shape index (κ3) is 8.34. The van der Waals surface area contributed by atoms with Gasteiger partial charge >= 0.3 is 0 Å². The zero-order chi connectivity index (χ0) is 35.0. The lowest BCUT2D eigenvalue weighted by Crippen LogP contribution is -2.59. The van der Waals surface area contributed by atoms with Crippen LogP contribution < -0.4 is 0 Å². The molecule has 0 saturated carbocycles. The van der Waals surface area contributed by atoms with E-state index in [4.69, 9.17) is 0 Å². The van der Waals surface area contributed by atoms with Crippen molar-refractivity contribution >= 4 is 5.57 Å². The number of piperazine rings is 1. The molecule has 3 aliphatic rings. The van der Waals surface area contributed by atoms with E-state index in [0.717, 1.165) is 36.6 Å². The molecule has 0 N–H and O–H groups in total. The van der Waals surface area contributed by atoms with Crippen molar-refractivity contribution in [3.05, 3.63) is 142 Å². The first-order valence-corrected chi connectivity index (χ1v) is 17.0. The third-order valence-electron chi connectivity index (χ3n) is 9.21. The van der Waals surface area contributed by atoms with Gasteiger partial charge in [0.2, 0.25) is 0 Å². The maximum atomic E-state index is 4.61. The van der Waals surface area contributed by atoms with Gasteiger partial charge in [-0.3, -0.25) is 0 Å². The molecule has 0 spiro atoms. The van der Waals surface area contributed by atoms with Gasteiger partial charge in [0.05, 0.1) is 11.2 Å². The first-order chi connectivity index (χ1) is 21.6. The standard InChI is InChI=1S/C38H48N2.C4H8.C2H6/c1-13-34-32-22-29(7)35(33(37(9,10)11)23-28(6)31-18-17-26(4)27(5)21-31)36(32)38(12)24-39(19-20-40(34)38)30(8)16-14-15-25(2)3;1-3-4-2;1-2/h14-18,21-23,36H,1,7-8,19-20,24H2,2-6,9-12H3;3-4H,1-2H3;1-2H3/b16-14-,28-23+,35-33-;;. The molecule has 2 saturated heterocycles. The van der Waals surface area contributed by atoms with Crippen LogP contribution in [0.25, 0.3) is 5.57 Å². The van der Waals surface area contributed by atoms with Crippen LogP contribution in [0.15, 0.2) is 125 Å². The molecule has 4 rings (SSSR count). The summed E-state index contributed by atoms with van der Waals surface area (Å²) < 4.78 is 0. The Morgan fingerprint density at radius 3 is 2.17 bits per heavy atom. The van der Waals surface area contributed by atoms with Gasteiger partial charge in [-0.2, -0.15) is 0 Å². The van der Waals surface area contributed by atoms with Crippen molar-refractivity contribution in [1.29, 1.82) is 0 Å². The first-order valence-electron chi connectivity index (χ1n) is 17.0. The number of aryl methyl sites for hydroxylation is 2. The number of hydrogen-bond acceptors (Lipinski definition) is 2. The molecule has 2 aliphatic heterocycles. The summed E-state index contributed by atoms with van der Waals surface area (Å²) in [7, 11) is 0. The van der Waals surface area contributed by atoms with Gasteiger partial charge in [0.1, 0.15) is 0 Å².